The fraction of sp³-hybridized carbons (Fsp3) is 0.773. The van der Waals surface area contributed by atoms with Crippen LogP contribution in [0.1, 0.15) is 355 Å². The third kappa shape index (κ3) is 67.3. The summed E-state index contributed by atoms with van der Waals surface area (Å²) in [4.78, 5) is 38.4. The van der Waals surface area contributed by atoms with E-state index >= 15 is 0 Å². The van der Waals surface area contributed by atoms with Crippen LogP contribution in [0.15, 0.2) is 85.1 Å². The molecule has 0 rings (SSSR count). The number of carbonyl (C=O) groups excluding carboxylic acids is 3. The molecule has 0 N–H and O–H groups in total. The number of ether oxygens (including phenoxy) is 3. The second-order valence-electron chi connectivity index (χ2n) is 23.4. The van der Waals surface area contributed by atoms with E-state index in [2.05, 4.69) is 106 Å². The van der Waals surface area contributed by atoms with E-state index in [-0.39, 0.29) is 31.1 Å². The molecule has 0 aromatic rings. The van der Waals surface area contributed by atoms with Gasteiger partial charge in [-0.3, -0.25) is 14.4 Å². The predicted octanol–water partition coefficient (Wildman–Crippen LogP) is 24.2. The summed E-state index contributed by atoms with van der Waals surface area (Å²) < 4.78 is 17.0. The molecule has 468 valence electrons. The quantitative estimate of drug-likeness (QED) is 0.0261. The predicted molar refractivity (Wildman–Crippen MR) is 353 cm³/mol. The van der Waals surface area contributed by atoms with Gasteiger partial charge < -0.3 is 14.2 Å². The Bertz CT molecular complexity index is 1530. The molecule has 0 aromatic carbocycles. The Morgan fingerprint density at radius 3 is 0.753 bits per heavy atom. The second-order valence-corrected chi connectivity index (χ2v) is 23.4. The Hall–Kier alpha value is -3.41. The van der Waals surface area contributed by atoms with Gasteiger partial charge in [-0.1, -0.05) is 331 Å². The first kappa shape index (κ1) is 77.6. The highest BCUT2D eigenvalue weighted by Crippen LogP contribution is 2.18. The van der Waals surface area contributed by atoms with Crippen molar-refractivity contribution in [2.24, 2.45) is 0 Å². The van der Waals surface area contributed by atoms with Crippen LogP contribution < -0.4 is 0 Å². The van der Waals surface area contributed by atoms with Crippen molar-refractivity contribution < 1.29 is 28.6 Å². The van der Waals surface area contributed by atoms with Crippen LogP contribution in [0.5, 0.6) is 0 Å². The highest BCUT2D eigenvalue weighted by molar-refractivity contribution is 5.71. The second kappa shape index (κ2) is 69.1. The van der Waals surface area contributed by atoms with Gasteiger partial charge in [0, 0.05) is 19.3 Å². The smallest absolute Gasteiger partial charge is 0.306 e. The lowest BCUT2D eigenvalue weighted by atomic mass is 10.0. The van der Waals surface area contributed by atoms with E-state index in [1.165, 1.54) is 205 Å². The zero-order valence-electron chi connectivity index (χ0n) is 53.8. The van der Waals surface area contributed by atoms with E-state index in [0.29, 0.717) is 19.3 Å². The third-order valence-electron chi connectivity index (χ3n) is 15.4. The molecule has 0 aliphatic carbocycles. The summed E-state index contributed by atoms with van der Waals surface area (Å²) in [5.41, 5.74) is 0. The first-order valence-corrected chi connectivity index (χ1v) is 35.1. The van der Waals surface area contributed by atoms with Crippen LogP contribution in [-0.2, 0) is 28.6 Å². The summed E-state index contributed by atoms with van der Waals surface area (Å²) in [6.07, 6.45) is 91.8. The Morgan fingerprint density at radius 1 is 0.259 bits per heavy atom. The fourth-order valence-corrected chi connectivity index (χ4v) is 10.2. The topological polar surface area (TPSA) is 78.9 Å². The SMILES string of the molecule is CC/C=C\C/C=C\C/C=C\C/C=C\CCCCCCCCCCCCCCCCCCC(=O)OCC(COC(=O)CCCCCCCCCCCCCCCCCCC)OC(=O)CCCCCCCCC/C=C\C/C=C\C/C=C\CC. The van der Waals surface area contributed by atoms with Crippen LogP contribution in [0, 0.1) is 0 Å². The molecular formula is C75H132O6. The van der Waals surface area contributed by atoms with E-state index in [0.717, 1.165) is 109 Å². The number of allylic oxidation sites excluding steroid dienone is 14. The molecule has 6 heteroatoms. The summed E-state index contributed by atoms with van der Waals surface area (Å²) in [5.74, 6) is -0.864. The zero-order chi connectivity index (χ0) is 58.5. The minimum atomic E-state index is -0.781. The van der Waals surface area contributed by atoms with Crippen LogP contribution in [0.4, 0.5) is 0 Å². The molecule has 0 saturated carbocycles. The van der Waals surface area contributed by atoms with Crippen molar-refractivity contribution in [1.82, 2.24) is 0 Å². The van der Waals surface area contributed by atoms with Crippen molar-refractivity contribution in [3.63, 3.8) is 0 Å². The largest absolute Gasteiger partial charge is 0.462 e. The molecule has 0 amide bonds. The van der Waals surface area contributed by atoms with Gasteiger partial charge in [-0.25, -0.2) is 0 Å². The van der Waals surface area contributed by atoms with E-state index in [4.69, 9.17) is 14.2 Å². The molecule has 81 heavy (non-hydrogen) atoms. The average Bonchev–Trinajstić information content (AvgIpc) is 3.47. The van der Waals surface area contributed by atoms with Crippen molar-refractivity contribution in [2.45, 2.75) is 361 Å². The molecule has 6 nitrogen and oxygen atoms in total. The van der Waals surface area contributed by atoms with Gasteiger partial charge in [-0.2, -0.15) is 0 Å². The van der Waals surface area contributed by atoms with E-state index < -0.39 is 6.10 Å². The molecule has 0 fully saturated rings. The van der Waals surface area contributed by atoms with Crippen LogP contribution in [0.25, 0.3) is 0 Å². The van der Waals surface area contributed by atoms with Gasteiger partial charge in [0.15, 0.2) is 6.10 Å². The van der Waals surface area contributed by atoms with Crippen LogP contribution in [0.3, 0.4) is 0 Å². The Balaban J connectivity index is 4.26. The van der Waals surface area contributed by atoms with E-state index in [1.54, 1.807) is 0 Å². The molecule has 0 heterocycles. The molecule has 0 saturated heterocycles. The number of hydrogen-bond donors (Lipinski definition) is 0. The summed E-state index contributed by atoms with van der Waals surface area (Å²) in [7, 11) is 0. The molecular weight excluding hydrogens is 997 g/mol. The maximum absolute atomic E-state index is 12.9. The number of carbonyl (C=O) groups is 3. The maximum Gasteiger partial charge on any atom is 0.306 e. The molecule has 1 unspecified atom stereocenters. The first-order valence-electron chi connectivity index (χ1n) is 35.1. The number of esters is 3. The summed E-state index contributed by atoms with van der Waals surface area (Å²) in [5, 5.41) is 0. The monoisotopic (exact) mass is 1130 g/mol. The molecule has 0 aliphatic heterocycles. The summed E-state index contributed by atoms with van der Waals surface area (Å²) in [6, 6.07) is 0. The zero-order valence-corrected chi connectivity index (χ0v) is 53.8. The van der Waals surface area contributed by atoms with Crippen LogP contribution >= 0.6 is 0 Å². The van der Waals surface area contributed by atoms with Crippen molar-refractivity contribution in [3.8, 4) is 0 Å². The lowest BCUT2D eigenvalue weighted by molar-refractivity contribution is -0.167. The average molecular weight is 1130 g/mol. The van der Waals surface area contributed by atoms with Crippen LogP contribution in [-0.4, -0.2) is 37.2 Å². The molecule has 0 spiro atoms. The Labute approximate surface area is 503 Å². The van der Waals surface area contributed by atoms with E-state index in [1.807, 2.05) is 0 Å². The van der Waals surface area contributed by atoms with Gasteiger partial charge in [-0.05, 0) is 89.9 Å². The highest BCUT2D eigenvalue weighted by Gasteiger charge is 2.19. The Morgan fingerprint density at radius 2 is 0.481 bits per heavy atom. The van der Waals surface area contributed by atoms with Crippen molar-refractivity contribution in [3.05, 3.63) is 85.1 Å². The van der Waals surface area contributed by atoms with Gasteiger partial charge in [0.1, 0.15) is 13.2 Å². The maximum atomic E-state index is 12.9. The lowest BCUT2D eigenvalue weighted by Crippen LogP contribution is -2.30. The number of rotatable bonds is 64. The molecule has 0 bridgehead atoms. The van der Waals surface area contributed by atoms with Gasteiger partial charge >= 0.3 is 17.9 Å². The minimum absolute atomic E-state index is 0.0754. The minimum Gasteiger partial charge on any atom is -0.462 e. The molecule has 0 radical (unpaired) electrons. The number of hydrogen-bond acceptors (Lipinski definition) is 6. The summed E-state index contributed by atoms with van der Waals surface area (Å²) >= 11 is 0. The van der Waals surface area contributed by atoms with Gasteiger partial charge in [0.2, 0.25) is 0 Å². The van der Waals surface area contributed by atoms with Gasteiger partial charge in [-0.15, -0.1) is 0 Å². The van der Waals surface area contributed by atoms with Crippen molar-refractivity contribution in [1.29, 1.82) is 0 Å². The van der Waals surface area contributed by atoms with Crippen molar-refractivity contribution in [2.75, 3.05) is 13.2 Å². The normalized spacial score (nSPS) is 12.6. The van der Waals surface area contributed by atoms with E-state index in [9.17, 15) is 14.4 Å². The van der Waals surface area contributed by atoms with Gasteiger partial charge in [0.05, 0.1) is 0 Å². The standard InChI is InChI=1S/C75H132O6/c1-4-7-10-13-16-19-22-25-28-31-32-33-34-35-36-37-38-39-40-41-42-45-47-50-53-56-59-62-65-68-74(77)80-71-72(81-75(78)69-66-63-60-57-54-51-48-44-30-27-24-21-18-15-12-9-6-3)70-79-73(76)67-64-61-58-55-52-49-46-43-29-26-23-20-17-14-11-8-5-2/h7,9-10,12,16,18-19,21,25,27-28,30,32-33,72H,4-6,8,11,13-15,17,20,22-24,26,29,31,34-71H2,1-3H3/b10-7-,12-9-,19-16-,21-18-,28-25-,30-27-,33-32-. The molecule has 0 aromatic heterocycles. The highest BCUT2D eigenvalue weighted by atomic mass is 16.6. The third-order valence-corrected chi connectivity index (χ3v) is 15.4. The molecule has 0 aliphatic rings. The first-order chi connectivity index (χ1) is 40.0. The lowest BCUT2D eigenvalue weighted by Gasteiger charge is -2.18. The summed E-state index contributed by atoms with van der Waals surface area (Å²) in [6.45, 7) is 6.47. The van der Waals surface area contributed by atoms with Crippen molar-refractivity contribution >= 4 is 17.9 Å². The Kier molecular flexibility index (Phi) is 66.2. The fourth-order valence-electron chi connectivity index (χ4n) is 10.2. The number of unbranched alkanes of at least 4 members (excludes halogenated alkanes) is 39. The molecule has 1 atom stereocenters. The van der Waals surface area contributed by atoms with Crippen LogP contribution in [0.2, 0.25) is 0 Å². The van der Waals surface area contributed by atoms with Gasteiger partial charge in [0.25, 0.3) is 0 Å².